The van der Waals surface area contributed by atoms with Crippen LogP contribution in [0.5, 0.6) is 5.75 Å². The highest BCUT2D eigenvalue weighted by Crippen LogP contribution is 2.13. The van der Waals surface area contributed by atoms with E-state index in [0.717, 1.165) is 37.6 Å². The average Bonchev–Trinajstić information content (AvgIpc) is 2.92. The monoisotopic (exact) mass is 281 g/mol. The molecule has 4 nitrogen and oxygen atoms in total. The summed E-state index contributed by atoms with van der Waals surface area (Å²) in [5.41, 5.74) is 6.37. The first-order chi connectivity index (χ1) is 9.25. The normalized spacial score (nSPS) is 18.4. The average molecular weight is 281 g/mol. The Labute approximate surface area is 118 Å². The van der Waals surface area contributed by atoms with E-state index in [1.54, 1.807) is 0 Å². The molecule has 0 aliphatic carbocycles. The minimum absolute atomic E-state index is 0.397. The van der Waals surface area contributed by atoms with Crippen molar-refractivity contribution >= 4 is 17.2 Å². The third-order valence-electron chi connectivity index (χ3n) is 3.01. The molecule has 1 saturated heterocycles. The third kappa shape index (κ3) is 4.78. The largest absolute Gasteiger partial charge is 0.491 e. The van der Waals surface area contributed by atoms with Gasteiger partial charge in [-0.3, -0.25) is 0 Å². The molecule has 0 bridgehead atoms. The molecule has 2 N–H and O–H groups in total. The Kier molecular flexibility index (Phi) is 5.57. The zero-order chi connectivity index (χ0) is 13.5. The predicted octanol–water partition coefficient (Wildman–Crippen LogP) is 1.75. The van der Waals surface area contributed by atoms with E-state index in [0.29, 0.717) is 24.1 Å². The fourth-order valence-corrected chi connectivity index (χ4v) is 2.03. The Hall–Kier alpha value is -1.17. The van der Waals surface area contributed by atoms with Crippen LogP contribution in [0.3, 0.4) is 0 Å². The molecule has 5 heteroatoms. The van der Waals surface area contributed by atoms with E-state index < -0.39 is 0 Å². The van der Waals surface area contributed by atoms with Crippen LogP contribution in [0.1, 0.15) is 12.0 Å². The van der Waals surface area contributed by atoms with Gasteiger partial charge < -0.3 is 19.9 Å². The lowest BCUT2D eigenvalue weighted by Crippen LogP contribution is -2.14. The predicted molar refractivity (Wildman–Crippen MR) is 77.6 cm³/mol. The highest BCUT2D eigenvalue weighted by atomic mass is 32.1. The van der Waals surface area contributed by atoms with Crippen LogP contribution in [0, 0.1) is 5.92 Å². The molecule has 0 spiro atoms. The van der Waals surface area contributed by atoms with Crippen molar-refractivity contribution in [3.05, 3.63) is 29.8 Å². The minimum atomic E-state index is 0.397. The minimum Gasteiger partial charge on any atom is -0.491 e. The van der Waals surface area contributed by atoms with Gasteiger partial charge in [-0.2, -0.15) is 0 Å². The SMILES string of the molecule is NC(=S)c1ccc(OCCOCC2CCOC2)cc1. The van der Waals surface area contributed by atoms with E-state index in [1.165, 1.54) is 0 Å². The molecule has 0 radical (unpaired) electrons. The van der Waals surface area contributed by atoms with Crippen LogP contribution < -0.4 is 10.5 Å². The smallest absolute Gasteiger partial charge is 0.119 e. The maximum absolute atomic E-state index is 5.57. The molecule has 1 aromatic carbocycles. The van der Waals surface area contributed by atoms with E-state index in [-0.39, 0.29) is 0 Å². The molecule has 1 aromatic rings. The Morgan fingerprint density at radius 1 is 1.32 bits per heavy atom. The van der Waals surface area contributed by atoms with Gasteiger partial charge in [0.05, 0.1) is 19.8 Å². The highest BCUT2D eigenvalue weighted by molar-refractivity contribution is 7.80. The molecule has 1 unspecified atom stereocenters. The second-order valence-corrected chi connectivity index (χ2v) is 4.98. The molecule has 0 saturated carbocycles. The van der Waals surface area contributed by atoms with Crippen LogP contribution in [-0.2, 0) is 9.47 Å². The molecule has 1 aliphatic heterocycles. The number of hydrogen-bond donors (Lipinski definition) is 1. The lowest BCUT2D eigenvalue weighted by atomic mass is 10.1. The second-order valence-electron chi connectivity index (χ2n) is 4.54. The number of benzene rings is 1. The van der Waals surface area contributed by atoms with E-state index in [1.807, 2.05) is 24.3 Å². The Morgan fingerprint density at radius 2 is 2.11 bits per heavy atom. The molecule has 1 fully saturated rings. The molecular formula is C14H19NO3S. The lowest BCUT2D eigenvalue weighted by Gasteiger charge is -2.10. The zero-order valence-corrected chi connectivity index (χ0v) is 11.7. The van der Waals surface area contributed by atoms with E-state index in [2.05, 4.69) is 0 Å². The zero-order valence-electron chi connectivity index (χ0n) is 10.8. The fraction of sp³-hybridized carbons (Fsp3) is 0.500. The summed E-state index contributed by atoms with van der Waals surface area (Å²) in [5, 5.41) is 0. The maximum atomic E-state index is 5.57. The number of thiocarbonyl (C=S) groups is 1. The van der Waals surface area contributed by atoms with E-state index in [4.69, 9.17) is 32.2 Å². The molecule has 104 valence electrons. The van der Waals surface area contributed by atoms with Crippen LogP contribution in [0.4, 0.5) is 0 Å². The molecule has 1 heterocycles. The Bertz CT molecular complexity index is 402. The van der Waals surface area contributed by atoms with E-state index >= 15 is 0 Å². The van der Waals surface area contributed by atoms with Gasteiger partial charge in [-0.15, -0.1) is 0 Å². The summed E-state index contributed by atoms with van der Waals surface area (Å²) in [4.78, 5) is 0.397. The van der Waals surface area contributed by atoms with Gasteiger partial charge in [-0.25, -0.2) is 0 Å². The molecule has 1 atom stereocenters. The molecule has 0 amide bonds. The van der Waals surface area contributed by atoms with Crippen molar-refractivity contribution < 1.29 is 14.2 Å². The number of rotatable bonds is 7. The summed E-state index contributed by atoms with van der Waals surface area (Å²) in [7, 11) is 0. The van der Waals surface area contributed by atoms with Crippen molar-refractivity contribution in [1.82, 2.24) is 0 Å². The summed E-state index contributed by atoms with van der Waals surface area (Å²) in [6, 6.07) is 7.43. The Morgan fingerprint density at radius 3 is 2.74 bits per heavy atom. The van der Waals surface area contributed by atoms with Crippen LogP contribution in [0.25, 0.3) is 0 Å². The number of nitrogens with two attached hydrogens (primary N) is 1. The fourth-order valence-electron chi connectivity index (χ4n) is 1.90. The van der Waals surface area contributed by atoms with Gasteiger partial charge in [0.15, 0.2) is 0 Å². The molecule has 2 rings (SSSR count). The lowest BCUT2D eigenvalue weighted by molar-refractivity contribution is 0.0684. The van der Waals surface area contributed by atoms with Gasteiger partial charge in [0.25, 0.3) is 0 Å². The first-order valence-electron chi connectivity index (χ1n) is 6.44. The summed E-state index contributed by atoms with van der Waals surface area (Å²) < 4.78 is 16.4. The summed E-state index contributed by atoms with van der Waals surface area (Å²) >= 11 is 4.89. The summed E-state index contributed by atoms with van der Waals surface area (Å²) in [6.07, 6.45) is 1.10. The Balaban J connectivity index is 1.61. The van der Waals surface area contributed by atoms with Crippen molar-refractivity contribution in [2.45, 2.75) is 6.42 Å². The van der Waals surface area contributed by atoms with Gasteiger partial charge >= 0.3 is 0 Å². The van der Waals surface area contributed by atoms with Crippen molar-refractivity contribution in [3.8, 4) is 5.75 Å². The van der Waals surface area contributed by atoms with Crippen molar-refractivity contribution in [3.63, 3.8) is 0 Å². The van der Waals surface area contributed by atoms with Crippen LogP contribution >= 0.6 is 12.2 Å². The molecule has 0 aromatic heterocycles. The summed E-state index contributed by atoms with van der Waals surface area (Å²) in [6.45, 7) is 3.57. The van der Waals surface area contributed by atoms with Gasteiger partial charge in [0, 0.05) is 18.1 Å². The topological polar surface area (TPSA) is 53.7 Å². The quantitative estimate of drug-likeness (QED) is 0.609. The van der Waals surface area contributed by atoms with E-state index in [9.17, 15) is 0 Å². The van der Waals surface area contributed by atoms with Crippen LogP contribution in [0.2, 0.25) is 0 Å². The van der Waals surface area contributed by atoms with Crippen LogP contribution in [-0.4, -0.2) is 38.0 Å². The van der Waals surface area contributed by atoms with Gasteiger partial charge in [0.1, 0.15) is 17.3 Å². The number of ether oxygens (including phenoxy) is 3. The second kappa shape index (κ2) is 7.43. The van der Waals surface area contributed by atoms with Crippen LogP contribution in [0.15, 0.2) is 24.3 Å². The first kappa shape index (κ1) is 14.2. The van der Waals surface area contributed by atoms with Crippen molar-refractivity contribution in [2.75, 3.05) is 33.0 Å². The first-order valence-corrected chi connectivity index (χ1v) is 6.84. The molecule has 19 heavy (non-hydrogen) atoms. The molecular weight excluding hydrogens is 262 g/mol. The number of hydrogen-bond acceptors (Lipinski definition) is 4. The maximum Gasteiger partial charge on any atom is 0.119 e. The van der Waals surface area contributed by atoms with Gasteiger partial charge in [-0.1, -0.05) is 12.2 Å². The highest BCUT2D eigenvalue weighted by Gasteiger charge is 2.15. The van der Waals surface area contributed by atoms with Gasteiger partial charge in [0.2, 0.25) is 0 Å². The summed E-state index contributed by atoms with van der Waals surface area (Å²) in [5.74, 6) is 1.35. The van der Waals surface area contributed by atoms with Crippen molar-refractivity contribution in [2.24, 2.45) is 11.7 Å². The third-order valence-corrected chi connectivity index (χ3v) is 3.25. The van der Waals surface area contributed by atoms with Crippen molar-refractivity contribution in [1.29, 1.82) is 0 Å². The van der Waals surface area contributed by atoms with Gasteiger partial charge in [-0.05, 0) is 30.7 Å². The standard InChI is InChI=1S/C14H19NO3S/c15-14(19)12-1-3-13(4-2-12)18-8-7-17-10-11-5-6-16-9-11/h1-4,11H,5-10H2,(H2,15,19). The molecule has 1 aliphatic rings.